The van der Waals surface area contributed by atoms with Crippen molar-refractivity contribution in [3.05, 3.63) is 5.01 Å². The van der Waals surface area contributed by atoms with Gasteiger partial charge in [0.05, 0.1) is 0 Å². The van der Waals surface area contributed by atoms with Crippen molar-refractivity contribution in [1.29, 1.82) is 0 Å². The highest BCUT2D eigenvalue weighted by molar-refractivity contribution is 7.15. The SMILES string of the molecule is CCCC1CCCC(Nc2nnc(C)s2)CC1. The molecule has 1 saturated carbocycles. The Morgan fingerprint density at radius 1 is 1.24 bits per heavy atom. The van der Waals surface area contributed by atoms with Gasteiger partial charge in [-0.05, 0) is 32.1 Å². The van der Waals surface area contributed by atoms with Crippen LogP contribution in [0.15, 0.2) is 0 Å². The molecule has 1 fully saturated rings. The summed E-state index contributed by atoms with van der Waals surface area (Å²) in [6, 6.07) is 0.615. The van der Waals surface area contributed by atoms with Gasteiger partial charge in [-0.3, -0.25) is 0 Å². The zero-order valence-corrected chi connectivity index (χ0v) is 11.7. The fourth-order valence-corrected chi connectivity index (χ4v) is 3.42. The van der Waals surface area contributed by atoms with Gasteiger partial charge in [-0.1, -0.05) is 43.9 Å². The maximum absolute atomic E-state index is 4.15. The molecule has 1 aromatic rings. The molecule has 1 aliphatic carbocycles. The first kappa shape index (κ1) is 12.8. The molecule has 1 heterocycles. The predicted octanol–water partition coefficient (Wildman–Crippen LogP) is 4.01. The molecule has 1 N–H and O–H groups in total. The van der Waals surface area contributed by atoms with Crippen LogP contribution >= 0.6 is 11.3 Å². The van der Waals surface area contributed by atoms with E-state index in [1.54, 1.807) is 11.3 Å². The van der Waals surface area contributed by atoms with Gasteiger partial charge in [-0.25, -0.2) is 0 Å². The number of hydrogen-bond donors (Lipinski definition) is 1. The summed E-state index contributed by atoms with van der Waals surface area (Å²) in [5, 5.41) is 13.8. The molecule has 1 aromatic heterocycles. The molecule has 0 aliphatic heterocycles. The molecule has 2 rings (SSSR count). The summed E-state index contributed by atoms with van der Waals surface area (Å²) < 4.78 is 0. The number of nitrogens with zero attached hydrogens (tertiary/aromatic N) is 2. The molecule has 1 aliphatic rings. The molecule has 2 unspecified atom stereocenters. The summed E-state index contributed by atoms with van der Waals surface area (Å²) in [5.74, 6) is 0.961. The molecule has 0 radical (unpaired) electrons. The fourth-order valence-electron chi connectivity index (χ4n) is 2.75. The summed E-state index contributed by atoms with van der Waals surface area (Å²) >= 11 is 1.67. The van der Waals surface area contributed by atoms with E-state index in [0.29, 0.717) is 6.04 Å². The van der Waals surface area contributed by atoms with Crippen LogP contribution in [0.2, 0.25) is 0 Å². The topological polar surface area (TPSA) is 37.8 Å². The zero-order valence-electron chi connectivity index (χ0n) is 10.9. The first-order valence-corrected chi connectivity index (χ1v) is 7.66. The quantitative estimate of drug-likeness (QED) is 0.824. The number of anilines is 1. The molecule has 0 aromatic carbocycles. The number of aromatic nitrogens is 2. The predicted molar refractivity (Wildman–Crippen MR) is 73.5 cm³/mol. The third-order valence-electron chi connectivity index (χ3n) is 3.64. The lowest BCUT2D eigenvalue weighted by atomic mass is 9.95. The second-order valence-electron chi connectivity index (χ2n) is 5.13. The molecular weight excluding hydrogens is 230 g/mol. The molecular formula is C13H23N3S. The van der Waals surface area contributed by atoms with Crippen LogP contribution in [0.5, 0.6) is 0 Å². The molecule has 17 heavy (non-hydrogen) atoms. The minimum atomic E-state index is 0.615. The highest BCUT2D eigenvalue weighted by atomic mass is 32.1. The minimum absolute atomic E-state index is 0.615. The van der Waals surface area contributed by atoms with Gasteiger partial charge in [-0.2, -0.15) is 0 Å². The molecule has 0 amide bonds. The van der Waals surface area contributed by atoms with Crippen LogP contribution < -0.4 is 5.32 Å². The van der Waals surface area contributed by atoms with Gasteiger partial charge in [0.2, 0.25) is 5.13 Å². The normalized spacial score (nSPS) is 25.5. The number of hydrogen-bond acceptors (Lipinski definition) is 4. The van der Waals surface area contributed by atoms with Crippen molar-refractivity contribution in [2.75, 3.05) is 5.32 Å². The second-order valence-corrected chi connectivity index (χ2v) is 6.31. The fraction of sp³-hybridized carbons (Fsp3) is 0.846. The van der Waals surface area contributed by atoms with Crippen molar-refractivity contribution < 1.29 is 0 Å². The molecule has 2 atom stereocenters. The first-order chi connectivity index (χ1) is 8.28. The average molecular weight is 253 g/mol. The minimum Gasteiger partial charge on any atom is -0.357 e. The Bertz CT molecular complexity index is 337. The third-order valence-corrected chi connectivity index (χ3v) is 4.41. The Hall–Kier alpha value is -0.640. The van der Waals surface area contributed by atoms with Crippen LogP contribution in [-0.2, 0) is 0 Å². The Labute approximate surface area is 108 Å². The van der Waals surface area contributed by atoms with E-state index in [-0.39, 0.29) is 0 Å². The van der Waals surface area contributed by atoms with E-state index in [4.69, 9.17) is 0 Å². The van der Waals surface area contributed by atoms with Gasteiger partial charge < -0.3 is 5.32 Å². The van der Waals surface area contributed by atoms with Crippen molar-refractivity contribution >= 4 is 16.5 Å². The van der Waals surface area contributed by atoms with Crippen LogP contribution in [0.3, 0.4) is 0 Å². The third kappa shape index (κ3) is 3.95. The van der Waals surface area contributed by atoms with Crippen LogP contribution in [-0.4, -0.2) is 16.2 Å². The Balaban J connectivity index is 1.82. The zero-order chi connectivity index (χ0) is 12.1. The van der Waals surface area contributed by atoms with E-state index in [0.717, 1.165) is 16.1 Å². The standard InChI is InChI=1S/C13H23N3S/c1-3-5-11-6-4-7-12(9-8-11)14-13-16-15-10(2)17-13/h11-12H,3-9H2,1-2H3,(H,14,16). The maximum atomic E-state index is 4.15. The number of rotatable bonds is 4. The van der Waals surface area contributed by atoms with E-state index in [1.807, 2.05) is 6.92 Å². The lowest BCUT2D eigenvalue weighted by Crippen LogP contribution is -2.18. The van der Waals surface area contributed by atoms with E-state index < -0.39 is 0 Å². The summed E-state index contributed by atoms with van der Waals surface area (Å²) in [7, 11) is 0. The number of aryl methyl sites for hydroxylation is 1. The smallest absolute Gasteiger partial charge is 0.205 e. The molecule has 4 heteroatoms. The van der Waals surface area contributed by atoms with Gasteiger partial charge in [0.25, 0.3) is 0 Å². The Morgan fingerprint density at radius 3 is 2.82 bits per heavy atom. The maximum Gasteiger partial charge on any atom is 0.205 e. The van der Waals surface area contributed by atoms with Gasteiger partial charge in [-0.15, -0.1) is 10.2 Å². The average Bonchev–Trinajstić information content (AvgIpc) is 2.58. The summed E-state index contributed by atoms with van der Waals surface area (Å²) in [5.41, 5.74) is 0. The van der Waals surface area contributed by atoms with Crippen LogP contribution in [0.4, 0.5) is 5.13 Å². The van der Waals surface area contributed by atoms with Crippen molar-refractivity contribution in [3.63, 3.8) is 0 Å². The van der Waals surface area contributed by atoms with Gasteiger partial charge in [0.15, 0.2) is 0 Å². The Kier molecular flexibility index (Phi) is 4.77. The van der Waals surface area contributed by atoms with E-state index in [9.17, 15) is 0 Å². The largest absolute Gasteiger partial charge is 0.357 e. The van der Waals surface area contributed by atoms with Crippen molar-refractivity contribution in [3.8, 4) is 0 Å². The summed E-state index contributed by atoms with van der Waals surface area (Å²) in [6.45, 7) is 4.30. The molecule has 0 bridgehead atoms. The van der Waals surface area contributed by atoms with Crippen molar-refractivity contribution in [2.45, 2.75) is 64.8 Å². The highest BCUT2D eigenvalue weighted by Gasteiger charge is 2.18. The van der Waals surface area contributed by atoms with Gasteiger partial charge in [0.1, 0.15) is 5.01 Å². The second kappa shape index (κ2) is 6.34. The Morgan fingerprint density at radius 2 is 2.12 bits per heavy atom. The lowest BCUT2D eigenvalue weighted by Gasteiger charge is -2.15. The first-order valence-electron chi connectivity index (χ1n) is 6.84. The number of nitrogens with one attached hydrogen (secondary N) is 1. The van der Waals surface area contributed by atoms with E-state index in [2.05, 4.69) is 22.4 Å². The van der Waals surface area contributed by atoms with Gasteiger partial charge in [0, 0.05) is 6.04 Å². The van der Waals surface area contributed by atoms with Crippen LogP contribution in [0, 0.1) is 12.8 Å². The monoisotopic (exact) mass is 253 g/mol. The van der Waals surface area contributed by atoms with Gasteiger partial charge >= 0.3 is 0 Å². The molecule has 0 saturated heterocycles. The van der Waals surface area contributed by atoms with Crippen LogP contribution in [0.1, 0.15) is 56.9 Å². The summed E-state index contributed by atoms with van der Waals surface area (Å²) in [6.07, 6.45) is 9.48. The van der Waals surface area contributed by atoms with E-state index in [1.165, 1.54) is 44.9 Å². The molecule has 96 valence electrons. The van der Waals surface area contributed by atoms with Crippen molar-refractivity contribution in [2.24, 2.45) is 5.92 Å². The molecule has 3 nitrogen and oxygen atoms in total. The van der Waals surface area contributed by atoms with Crippen molar-refractivity contribution in [1.82, 2.24) is 10.2 Å². The summed E-state index contributed by atoms with van der Waals surface area (Å²) in [4.78, 5) is 0. The van der Waals surface area contributed by atoms with E-state index >= 15 is 0 Å². The van der Waals surface area contributed by atoms with Crippen LogP contribution in [0.25, 0.3) is 0 Å². The molecule has 0 spiro atoms. The lowest BCUT2D eigenvalue weighted by molar-refractivity contribution is 0.422. The highest BCUT2D eigenvalue weighted by Crippen LogP contribution is 2.28.